The van der Waals surface area contributed by atoms with Gasteiger partial charge in [0, 0.05) is 37.9 Å². The Bertz CT molecular complexity index is 3430. The van der Waals surface area contributed by atoms with Crippen LogP contribution in [-0.4, -0.2) is 28.7 Å². The molecule has 0 unspecified atom stereocenters. The first-order chi connectivity index (χ1) is 28.8. The van der Waals surface area contributed by atoms with Crippen molar-refractivity contribution < 1.29 is 0 Å². The van der Waals surface area contributed by atoms with Gasteiger partial charge in [-0.05, 0) is 66.1 Å². The Morgan fingerprint density at radius 2 is 0.828 bits per heavy atom. The van der Waals surface area contributed by atoms with Crippen LogP contribution in [0.15, 0.2) is 194 Å². The Morgan fingerprint density at radius 3 is 1.36 bits per heavy atom. The van der Waals surface area contributed by atoms with Crippen molar-refractivity contribution in [1.82, 2.24) is 28.7 Å². The fourth-order valence-electron chi connectivity index (χ4n) is 9.01. The predicted octanol–water partition coefficient (Wildman–Crippen LogP) is 12.7. The number of aromatic nitrogens is 6. The van der Waals surface area contributed by atoms with Crippen molar-refractivity contribution in [2.45, 2.75) is 6.42 Å². The number of nitrogens with zero attached hydrogens (tertiary/aromatic N) is 6. The van der Waals surface area contributed by atoms with Gasteiger partial charge in [0.25, 0.3) is 0 Å². The first-order valence-electron chi connectivity index (χ1n) is 19.7. The van der Waals surface area contributed by atoms with Gasteiger partial charge in [0.1, 0.15) is 0 Å². The van der Waals surface area contributed by atoms with Crippen molar-refractivity contribution in [1.29, 1.82) is 0 Å². The first-order valence-corrected chi connectivity index (χ1v) is 19.7. The van der Waals surface area contributed by atoms with Gasteiger partial charge < -0.3 is 4.57 Å². The number of fused-ring (bicyclic) bond motifs is 9. The molecule has 1 aliphatic carbocycles. The van der Waals surface area contributed by atoms with Crippen LogP contribution in [0.4, 0.5) is 0 Å². The van der Waals surface area contributed by atoms with Crippen LogP contribution in [0.1, 0.15) is 12.2 Å². The zero-order chi connectivity index (χ0) is 38.2. The lowest BCUT2D eigenvalue weighted by molar-refractivity contribution is 0.874. The molecule has 58 heavy (non-hydrogen) atoms. The minimum atomic E-state index is 0.556. The Morgan fingerprint density at radius 1 is 0.379 bits per heavy atom. The fourth-order valence-corrected chi connectivity index (χ4v) is 9.01. The van der Waals surface area contributed by atoms with E-state index in [2.05, 4.69) is 208 Å². The van der Waals surface area contributed by atoms with Gasteiger partial charge >= 0.3 is 0 Å². The molecule has 0 aliphatic heterocycles. The van der Waals surface area contributed by atoms with Gasteiger partial charge in [0.15, 0.2) is 5.82 Å². The molecule has 272 valence electrons. The second kappa shape index (κ2) is 12.9. The maximum Gasteiger partial charge on any atom is 0.240 e. The van der Waals surface area contributed by atoms with E-state index >= 15 is 0 Å². The largest absolute Gasteiger partial charge is 0.309 e. The maximum absolute atomic E-state index is 5.49. The third-order valence-electron chi connectivity index (χ3n) is 11.6. The topological polar surface area (TPSA) is 53.5 Å². The van der Waals surface area contributed by atoms with Crippen LogP contribution >= 0.6 is 0 Å². The normalized spacial score (nSPS) is 13.2. The summed E-state index contributed by atoms with van der Waals surface area (Å²) in [4.78, 5) is 16.4. The van der Waals surface area contributed by atoms with E-state index in [0.717, 1.165) is 77.9 Å². The minimum Gasteiger partial charge on any atom is -0.309 e. The molecule has 0 atom stereocenters. The van der Waals surface area contributed by atoms with Crippen molar-refractivity contribution in [2.24, 2.45) is 0 Å². The van der Waals surface area contributed by atoms with Crippen molar-refractivity contribution in [3.8, 4) is 23.0 Å². The van der Waals surface area contributed by atoms with Gasteiger partial charge in [0.2, 0.25) is 11.9 Å². The molecule has 0 amide bonds. The second-order valence-corrected chi connectivity index (χ2v) is 14.8. The second-order valence-electron chi connectivity index (χ2n) is 14.8. The minimum absolute atomic E-state index is 0.556. The molecule has 1 aliphatic rings. The smallest absolute Gasteiger partial charge is 0.240 e. The molecule has 0 bridgehead atoms. The van der Waals surface area contributed by atoms with Gasteiger partial charge in [-0.2, -0.15) is 15.0 Å². The first kappa shape index (κ1) is 32.4. The average Bonchev–Trinajstić information content (AvgIpc) is 3.84. The molecule has 6 nitrogen and oxygen atoms in total. The van der Waals surface area contributed by atoms with Gasteiger partial charge in [0.05, 0.1) is 38.8 Å². The maximum atomic E-state index is 5.49. The van der Waals surface area contributed by atoms with E-state index in [9.17, 15) is 0 Å². The standard InChI is InChI=1S/C52H34N6/c1-3-17-34(18-4-1)35-31-32-49-42(33-35)40-23-11-16-30-47(40)58(49)52-54-50(53-51(55-52)57-45-28-14-9-21-38(45)39-22-10-15-29-46(39)57)41-24-5-2-6-25-48(41)56-43-26-12-7-19-36(43)37-20-8-13-27-44(37)56/h1-4,6-33H,5H2. The Balaban J connectivity index is 1.16. The fraction of sp³-hybridized carbons (Fsp3) is 0.0192. The van der Waals surface area contributed by atoms with Crippen LogP contribution in [0, 0.1) is 0 Å². The molecular weight excluding hydrogens is 709 g/mol. The summed E-state index contributed by atoms with van der Waals surface area (Å²) in [6.07, 6.45) is 9.53. The highest BCUT2D eigenvalue weighted by molar-refractivity contribution is 6.14. The van der Waals surface area contributed by atoms with E-state index < -0.39 is 0 Å². The van der Waals surface area contributed by atoms with Crippen LogP contribution in [-0.2, 0) is 0 Å². The number of benzene rings is 7. The van der Waals surface area contributed by atoms with Gasteiger partial charge in [-0.25, -0.2) is 0 Å². The summed E-state index contributed by atoms with van der Waals surface area (Å²) in [5.74, 6) is 1.72. The van der Waals surface area contributed by atoms with Crippen LogP contribution in [0.2, 0.25) is 0 Å². The molecule has 0 saturated heterocycles. The zero-order valence-electron chi connectivity index (χ0n) is 31.4. The average molecular weight is 743 g/mol. The van der Waals surface area contributed by atoms with Crippen LogP contribution in [0.3, 0.4) is 0 Å². The van der Waals surface area contributed by atoms with Crippen molar-refractivity contribution >= 4 is 76.7 Å². The van der Waals surface area contributed by atoms with Crippen LogP contribution < -0.4 is 0 Å². The molecule has 12 rings (SSSR count). The number of hydrogen-bond donors (Lipinski definition) is 0. The van der Waals surface area contributed by atoms with Crippen LogP contribution in [0.25, 0.3) is 99.7 Å². The summed E-state index contributed by atoms with van der Waals surface area (Å²) < 4.78 is 6.77. The highest BCUT2D eigenvalue weighted by Gasteiger charge is 2.24. The van der Waals surface area contributed by atoms with E-state index in [-0.39, 0.29) is 0 Å². The molecule has 6 heteroatoms. The lowest BCUT2D eigenvalue weighted by atomic mass is 10.0. The number of rotatable bonds is 5. The van der Waals surface area contributed by atoms with E-state index in [4.69, 9.17) is 15.0 Å². The highest BCUT2D eigenvalue weighted by atomic mass is 15.3. The monoisotopic (exact) mass is 742 g/mol. The molecule has 0 saturated carbocycles. The lowest BCUT2D eigenvalue weighted by Gasteiger charge is -2.17. The van der Waals surface area contributed by atoms with E-state index in [1.165, 1.54) is 16.3 Å². The van der Waals surface area contributed by atoms with Gasteiger partial charge in [-0.3, -0.25) is 9.13 Å². The summed E-state index contributed by atoms with van der Waals surface area (Å²) in [6, 6.07) is 60.1. The van der Waals surface area contributed by atoms with Crippen molar-refractivity contribution in [2.75, 3.05) is 0 Å². The Labute approximate surface area is 333 Å². The quantitative estimate of drug-likeness (QED) is 0.176. The van der Waals surface area contributed by atoms with E-state index in [1.807, 2.05) is 0 Å². The van der Waals surface area contributed by atoms with E-state index in [0.29, 0.717) is 17.7 Å². The lowest BCUT2D eigenvalue weighted by Crippen LogP contribution is -2.13. The third-order valence-corrected chi connectivity index (χ3v) is 11.6. The van der Waals surface area contributed by atoms with Crippen molar-refractivity contribution in [3.05, 3.63) is 200 Å². The number of allylic oxidation sites excluding steroid dienone is 6. The number of para-hydroxylation sites is 5. The predicted molar refractivity (Wildman–Crippen MR) is 239 cm³/mol. The Kier molecular flexibility index (Phi) is 7.19. The van der Waals surface area contributed by atoms with Crippen LogP contribution in [0.5, 0.6) is 0 Å². The zero-order valence-corrected chi connectivity index (χ0v) is 31.4. The molecule has 4 heterocycles. The molecular formula is C52H34N6. The Hall–Kier alpha value is -7.83. The summed E-state index contributed by atoms with van der Waals surface area (Å²) >= 11 is 0. The summed E-state index contributed by atoms with van der Waals surface area (Å²) in [7, 11) is 0. The third kappa shape index (κ3) is 4.88. The van der Waals surface area contributed by atoms with Gasteiger partial charge in [-0.1, -0.05) is 146 Å². The molecule has 0 spiro atoms. The molecule has 0 N–H and O–H groups in total. The summed E-state index contributed by atoms with van der Waals surface area (Å²) in [6.45, 7) is 0. The summed E-state index contributed by atoms with van der Waals surface area (Å²) in [5, 5.41) is 6.98. The molecule has 0 fully saturated rings. The molecule has 0 radical (unpaired) electrons. The van der Waals surface area contributed by atoms with E-state index in [1.54, 1.807) is 0 Å². The van der Waals surface area contributed by atoms with Crippen molar-refractivity contribution in [3.63, 3.8) is 0 Å². The molecule has 4 aromatic heterocycles. The SMILES string of the molecule is C1=CCC=C(c2nc(-n3c4ccccc4c4ccccc43)nc(-n3c4ccccc4c4cc(-c5ccccc5)ccc43)n2)C(n2c3ccccc3c3ccccc32)=C1. The van der Waals surface area contributed by atoms with Gasteiger partial charge in [-0.15, -0.1) is 0 Å². The number of hydrogen-bond acceptors (Lipinski definition) is 3. The molecule has 11 aromatic rings. The summed E-state index contributed by atoms with van der Waals surface area (Å²) in [5.41, 5.74) is 10.7. The highest BCUT2D eigenvalue weighted by Crippen LogP contribution is 2.39. The molecule has 7 aromatic carbocycles.